The zero-order valence-corrected chi connectivity index (χ0v) is 17.8. The van der Waals surface area contributed by atoms with Crippen molar-refractivity contribution < 1.29 is 4.79 Å². The fourth-order valence-corrected chi connectivity index (χ4v) is 4.19. The van der Waals surface area contributed by atoms with Crippen molar-refractivity contribution in [1.82, 2.24) is 20.3 Å². The van der Waals surface area contributed by atoms with Gasteiger partial charge in [-0.25, -0.2) is 9.97 Å². The third-order valence-electron chi connectivity index (χ3n) is 5.90. The third-order valence-corrected chi connectivity index (χ3v) is 6.15. The maximum atomic E-state index is 13.1. The SMILES string of the molecule is CCC[C@H](NC(=O)C1(N)CCN(c2ncnc3[nH]ccc23)CC1)c1ccc(Cl)cc1. The number of carbonyl (C=O) groups excluding carboxylic acids is 1. The second kappa shape index (κ2) is 8.62. The summed E-state index contributed by atoms with van der Waals surface area (Å²) in [6, 6.07) is 9.54. The molecule has 0 unspecified atom stereocenters. The molecule has 1 saturated heterocycles. The van der Waals surface area contributed by atoms with Crippen LogP contribution < -0.4 is 16.0 Å². The molecule has 0 bridgehead atoms. The van der Waals surface area contributed by atoms with E-state index in [0.717, 1.165) is 35.3 Å². The number of fused-ring (bicyclic) bond motifs is 1. The van der Waals surface area contributed by atoms with Gasteiger partial charge >= 0.3 is 0 Å². The summed E-state index contributed by atoms with van der Waals surface area (Å²) in [6.07, 6.45) is 6.36. The predicted molar refractivity (Wildman–Crippen MR) is 119 cm³/mol. The Balaban J connectivity index is 1.44. The molecule has 0 spiro atoms. The van der Waals surface area contributed by atoms with Crippen LogP contribution in [0.4, 0.5) is 5.82 Å². The zero-order chi connectivity index (χ0) is 21.1. The van der Waals surface area contributed by atoms with E-state index in [1.54, 1.807) is 6.33 Å². The first-order chi connectivity index (χ1) is 14.5. The highest BCUT2D eigenvalue weighted by atomic mass is 35.5. The van der Waals surface area contributed by atoms with Gasteiger partial charge in [0.1, 0.15) is 17.8 Å². The van der Waals surface area contributed by atoms with Gasteiger partial charge in [0.05, 0.1) is 17.0 Å². The van der Waals surface area contributed by atoms with Crippen LogP contribution in [0.25, 0.3) is 11.0 Å². The molecule has 1 amide bonds. The largest absolute Gasteiger partial charge is 0.356 e. The van der Waals surface area contributed by atoms with Crippen molar-refractivity contribution in [1.29, 1.82) is 0 Å². The molecule has 1 fully saturated rings. The van der Waals surface area contributed by atoms with E-state index in [2.05, 4.69) is 32.1 Å². The van der Waals surface area contributed by atoms with E-state index in [1.165, 1.54) is 0 Å². The van der Waals surface area contributed by atoms with Crippen molar-refractivity contribution in [3.05, 3.63) is 53.4 Å². The Morgan fingerprint density at radius 3 is 2.70 bits per heavy atom. The molecular weight excluding hydrogens is 400 g/mol. The Morgan fingerprint density at radius 1 is 1.27 bits per heavy atom. The minimum atomic E-state index is -0.890. The first kappa shape index (κ1) is 20.6. The number of rotatable bonds is 6. The number of anilines is 1. The normalized spacial score (nSPS) is 17.1. The number of aromatic nitrogens is 3. The molecule has 8 heteroatoms. The highest BCUT2D eigenvalue weighted by Crippen LogP contribution is 2.29. The van der Waals surface area contributed by atoms with E-state index in [9.17, 15) is 4.79 Å². The lowest BCUT2D eigenvalue weighted by Gasteiger charge is -2.39. The topological polar surface area (TPSA) is 99.9 Å². The number of halogens is 1. The fourth-order valence-electron chi connectivity index (χ4n) is 4.06. The van der Waals surface area contributed by atoms with Gasteiger partial charge in [0.15, 0.2) is 0 Å². The molecule has 1 aliphatic heterocycles. The van der Waals surface area contributed by atoms with Gasteiger partial charge < -0.3 is 20.9 Å². The molecule has 1 aromatic carbocycles. The predicted octanol–water partition coefficient (Wildman–Crippen LogP) is 3.57. The lowest BCUT2D eigenvalue weighted by atomic mass is 9.86. The Labute approximate surface area is 181 Å². The van der Waals surface area contributed by atoms with Crippen LogP contribution >= 0.6 is 11.6 Å². The Hall–Kier alpha value is -2.64. The van der Waals surface area contributed by atoms with E-state index in [0.29, 0.717) is 31.0 Å². The molecule has 4 N–H and O–H groups in total. The van der Waals surface area contributed by atoms with Crippen molar-refractivity contribution in [2.24, 2.45) is 5.73 Å². The number of amides is 1. The average Bonchev–Trinajstić information content (AvgIpc) is 3.24. The molecule has 3 aromatic rings. The number of benzene rings is 1. The molecule has 1 atom stereocenters. The molecule has 0 aliphatic carbocycles. The summed E-state index contributed by atoms with van der Waals surface area (Å²) in [5.41, 5.74) is 7.55. The van der Waals surface area contributed by atoms with Crippen LogP contribution in [-0.4, -0.2) is 39.5 Å². The molecule has 7 nitrogen and oxygen atoms in total. The summed E-state index contributed by atoms with van der Waals surface area (Å²) in [5, 5.41) is 4.86. The quantitative estimate of drug-likeness (QED) is 0.559. The number of nitrogens with two attached hydrogens (primary N) is 1. The number of piperidine rings is 1. The maximum Gasteiger partial charge on any atom is 0.240 e. The molecule has 0 saturated carbocycles. The number of hydrogen-bond donors (Lipinski definition) is 3. The van der Waals surface area contributed by atoms with Crippen molar-refractivity contribution >= 4 is 34.4 Å². The average molecular weight is 427 g/mol. The molecule has 1 aliphatic rings. The summed E-state index contributed by atoms with van der Waals surface area (Å²) >= 11 is 6.01. The zero-order valence-electron chi connectivity index (χ0n) is 17.1. The van der Waals surface area contributed by atoms with E-state index >= 15 is 0 Å². The van der Waals surface area contributed by atoms with Crippen molar-refractivity contribution in [3.8, 4) is 0 Å². The van der Waals surface area contributed by atoms with Gasteiger partial charge in [0, 0.05) is 24.3 Å². The Kier molecular flexibility index (Phi) is 5.92. The van der Waals surface area contributed by atoms with Crippen molar-refractivity contribution in [2.45, 2.75) is 44.2 Å². The first-order valence-corrected chi connectivity index (χ1v) is 10.8. The molecule has 0 radical (unpaired) electrons. The summed E-state index contributed by atoms with van der Waals surface area (Å²) in [4.78, 5) is 27.1. The van der Waals surface area contributed by atoms with E-state index in [4.69, 9.17) is 17.3 Å². The van der Waals surface area contributed by atoms with Crippen LogP contribution in [0.5, 0.6) is 0 Å². The van der Waals surface area contributed by atoms with Crippen LogP contribution in [0, 0.1) is 0 Å². The number of nitrogens with one attached hydrogen (secondary N) is 2. The monoisotopic (exact) mass is 426 g/mol. The van der Waals surface area contributed by atoms with Gasteiger partial charge in [-0.15, -0.1) is 0 Å². The molecule has 2 aromatic heterocycles. The van der Waals surface area contributed by atoms with E-state index < -0.39 is 5.54 Å². The number of nitrogens with zero attached hydrogens (tertiary/aromatic N) is 3. The second-order valence-corrected chi connectivity index (χ2v) is 8.38. The lowest BCUT2D eigenvalue weighted by Crippen LogP contribution is -2.60. The number of H-pyrrole nitrogens is 1. The van der Waals surface area contributed by atoms with Crippen LogP contribution in [0.3, 0.4) is 0 Å². The molecule has 4 rings (SSSR count). The van der Waals surface area contributed by atoms with Crippen molar-refractivity contribution in [3.63, 3.8) is 0 Å². The number of hydrogen-bond acceptors (Lipinski definition) is 5. The van der Waals surface area contributed by atoms with Gasteiger partial charge in [-0.2, -0.15) is 0 Å². The molecule has 30 heavy (non-hydrogen) atoms. The number of aromatic amines is 1. The van der Waals surface area contributed by atoms with Gasteiger partial charge in [-0.3, -0.25) is 4.79 Å². The van der Waals surface area contributed by atoms with Gasteiger partial charge in [0.25, 0.3) is 0 Å². The Bertz CT molecular complexity index is 1010. The smallest absolute Gasteiger partial charge is 0.240 e. The second-order valence-electron chi connectivity index (χ2n) is 7.95. The van der Waals surface area contributed by atoms with E-state index in [-0.39, 0.29) is 11.9 Å². The van der Waals surface area contributed by atoms with Crippen LogP contribution in [-0.2, 0) is 4.79 Å². The van der Waals surface area contributed by atoms with Gasteiger partial charge in [-0.1, -0.05) is 37.1 Å². The molecule has 158 valence electrons. The lowest BCUT2D eigenvalue weighted by molar-refractivity contribution is -0.128. The van der Waals surface area contributed by atoms with Gasteiger partial charge in [-0.05, 0) is 43.0 Å². The van der Waals surface area contributed by atoms with Crippen molar-refractivity contribution in [2.75, 3.05) is 18.0 Å². The highest BCUT2D eigenvalue weighted by Gasteiger charge is 2.39. The third kappa shape index (κ3) is 4.13. The van der Waals surface area contributed by atoms with E-state index in [1.807, 2.05) is 36.5 Å². The summed E-state index contributed by atoms with van der Waals surface area (Å²) in [7, 11) is 0. The summed E-state index contributed by atoms with van der Waals surface area (Å²) in [5.74, 6) is 0.791. The standard InChI is InChI=1S/C22H27ClN6O/c1-2-3-18(15-4-6-16(23)7-5-15)28-21(30)22(24)9-12-29(13-10-22)20-17-8-11-25-19(17)26-14-27-20/h4-8,11,14,18H,2-3,9-10,12-13,24H2,1H3,(H,28,30)(H,25,26,27)/t18-/m0/s1. The summed E-state index contributed by atoms with van der Waals surface area (Å²) < 4.78 is 0. The highest BCUT2D eigenvalue weighted by molar-refractivity contribution is 6.30. The summed E-state index contributed by atoms with van der Waals surface area (Å²) in [6.45, 7) is 3.44. The van der Waals surface area contributed by atoms with Gasteiger partial charge in [0.2, 0.25) is 5.91 Å². The molecule has 3 heterocycles. The fraction of sp³-hybridized carbons (Fsp3) is 0.409. The number of carbonyl (C=O) groups is 1. The minimum Gasteiger partial charge on any atom is -0.356 e. The first-order valence-electron chi connectivity index (χ1n) is 10.4. The van der Waals surface area contributed by atoms with Crippen LogP contribution in [0.1, 0.15) is 44.2 Å². The van der Waals surface area contributed by atoms with Crippen LogP contribution in [0.2, 0.25) is 5.02 Å². The minimum absolute atomic E-state index is 0.0698. The maximum absolute atomic E-state index is 13.1. The Morgan fingerprint density at radius 2 is 2.00 bits per heavy atom. The van der Waals surface area contributed by atoms with Crippen LogP contribution in [0.15, 0.2) is 42.9 Å². The molecular formula is C22H27ClN6O.